The largest absolute Gasteiger partial charge is 0.326 e. The van der Waals surface area contributed by atoms with Gasteiger partial charge in [0.25, 0.3) is 0 Å². The van der Waals surface area contributed by atoms with Crippen LogP contribution in [0.2, 0.25) is 0 Å². The molecule has 88 valence electrons. The van der Waals surface area contributed by atoms with Gasteiger partial charge < -0.3 is 11.5 Å². The Morgan fingerprint density at radius 2 is 1.41 bits per heavy atom. The van der Waals surface area contributed by atoms with Gasteiger partial charge in [-0.05, 0) is 28.7 Å². The standard InChI is InChI=1S/C15H18N2/c16-10-13-5-3-4-12(8-13)9-14-6-1-2-7-15(14)11-17/h1-8H,9-11,16-17H2. The molecule has 0 unspecified atom stereocenters. The molecule has 0 saturated carbocycles. The summed E-state index contributed by atoms with van der Waals surface area (Å²) >= 11 is 0. The van der Waals surface area contributed by atoms with Crippen molar-refractivity contribution < 1.29 is 0 Å². The van der Waals surface area contributed by atoms with Crippen LogP contribution in [0.5, 0.6) is 0 Å². The summed E-state index contributed by atoms with van der Waals surface area (Å²) in [5.41, 5.74) is 16.4. The highest BCUT2D eigenvalue weighted by atomic mass is 14.5. The fourth-order valence-electron chi connectivity index (χ4n) is 2.02. The molecule has 0 atom stereocenters. The van der Waals surface area contributed by atoms with Crippen molar-refractivity contribution in [3.05, 3.63) is 70.8 Å². The minimum atomic E-state index is 0.590. The first-order valence-corrected chi connectivity index (χ1v) is 5.88. The van der Waals surface area contributed by atoms with Gasteiger partial charge >= 0.3 is 0 Å². The molecule has 0 saturated heterocycles. The molecule has 0 aliphatic carbocycles. The third-order valence-corrected chi connectivity index (χ3v) is 2.96. The third-order valence-electron chi connectivity index (χ3n) is 2.96. The maximum Gasteiger partial charge on any atom is 0.0180 e. The molecule has 0 spiro atoms. The van der Waals surface area contributed by atoms with E-state index in [4.69, 9.17) is 11.5 Å². The molecule has 2 aromatic rings. The van der Waals surface area contributed by atoms with Gasteiger partial charge in [-0.25, -0.2) is 0 Å². The lowest BCUT2D eigenvalue weighted by Gasteiger charge is -2.08. The van der Waals surface area contributed by atoms with Gasteiger partial charge in [0, 0.05) is 13.1 Å². The van der Waals surface area contributed by atoms with Crippen LogP contribution < -0.4 is 11.5 Å². The highest BCUT2D eigenvalue weighted by molar-refractivity contribution is 5.34. The summed E-state index contributed by atoms with van der Waals surface area (Å²) in [5.74, 6) is 0. The van der Waals surface area contributed by atoms with Crippen LogP contribution >= 0.6 is 0 Å². The molecule has 0 heterocycles. The van der Waals surface area contributed by atoms with Crippen LogP contribution in [0.25, 0.3) is 0 Å². The van der Waals surface area contributed by atoms with Gasteiger partial charge in [-0.15, -0.1) is 0 Å². The Hall–Kier alpha value is -1.64. The van der Waals surface area contributed by atoms with Gasteiger partial charge in [0.15, 0.2) is 0 Å². The molecule has 0 aliphatic heterocycles. The number of nitrogens with two attached hydrogens (primary N) is 2. The molecule has 17 heavy (non-hydrogen) atoms. The Labute approximate surface area is 102 Å². The SMILES string of the molecule is NCc1cccc(Cc2ccccc2CN)c1. The Balaban J connectivity index is 2.24. The Kier molecular flexibility index (Phi) is 3.91. The van der Waals surface area contributed by atoms with Gasteiger partial charge in [0.1, 0.15) is 0 Å². The van der Waals surface area contributed by atoms with Crippen LogP contribution in [0.15, 0.2) is 48.5 Å². The van der Waals surface area contributed by atoms with E-state index in [2.05, 4.69) is 42.5 Å². The monoisotopic (exact) mass is 226 g/mol. The molecule has 4 N–H and O–H groups in total. The highest BCUT2D eigenvalue weighted by Crippen LogP contribution is 2.15. The second kappa shape index (κ2) is 5.62. The molecule has 0 amide bonds. The van der Waals surface area contributed by atoms with Gasteiger partial charge in [0.05, 0.1) is 0 Å². The van der Waals surface area contributed by atoms with E-state index >= 15 is 0 Å². The zero-order valence-electron chi connectivity index (χ0n) is 9.89. The van der Waals surface area contributed by atoms with Crippen molar-refractivity contribution in [3.8, 4) is 0 Å². The molecular formula is C15H18N2. The van der Waals surface area contributed by atoms with Gasteiger partial charge in [-0.3, -0.25) is 0 Å². The fourth-order valence-corrected chi connectivity index (χ4v) is 2.02. The van der Waals surface area contributed by atoms with Crippen LogP contribution in [0, 0.1) is 0 Å². The number of hydrogen-bond donors (Lipinski definition) is 2. The molecule has 2 nitrogen and oxygen atoms in total. The van der Waals surface area contributed by atoms with E-state index in [0.29, 0.717) is 13.1 Å². The third kappa shape index (κ3) is 2.93. The zero-order chi connectivity index (χ0) is 12.1. The van der Waals surface area contributed by atoms with Crippen LogP contribution in [0.4, 0.5) is 0 Å². The Morgan fingerprint density at radius 3 is 2.12 bits per heavy atom. The lowest BCUT2D eigenvalue weighted by molar-refractivity contribution is 1.01. The van der Waals surface area contributed by atoms with E-state index < -0.39 is 0 Å². The van der Waals surface area contributed by atoms with Crippen molar-refractivity contribution in [3.63, 3.8) is 0 Å². The minimum Gasteiger partial charge on any atom is -0.326 e. The first-order valence-electron chi connectivity index (χ1n) is 5.88. The summed E-state index contributed by atoms with van der Waals surface area (Å²) in [5, 5.41) is 0. The van der Waals surface area contributed by atoms with E-state index in [1.165, 1.54) is 22.3 Å². The van der Waals surface area contributed by atoms with Crippen LogP contribution in [0.1, 0.15) is 22.3 Å². The van der Waals surface area contributed by atoms with E-state index in [0.717, 1.165) is 6.42 Å². The zero-order valence-corrected chi connectivity index (χ0v) is 9.89. The van der Waals surface area contributed by atoms with E-state index in [1.54, 1.807) is 0 Å². The number of benzene rings is 2. The first kappa shape index (κ1) is 11.8. The molecule has 0 aliphatic rings. The summed E-state index contributed by atoms with van der Waals surface area (Å²) in [4.78, 5) is 0. The summed E-state index contributed by atoms with van der Waals surface area (Å²) in [6.45, 7) is 1.18. The number of rotatable bonds is 4. The van der Waals surface area contributed by atoms with Crippen molar-refractivity contribution in [1.82, 2.24) is 0 Å². The first-order chi connectivity index (χ1) is 8.33. The second-order valence-electron chi connectivity index (χ2n) is 4.17. The molecule has 0 fully saturated rings. The summed E-state index contributed by atoms with van der Waals surface area (Å²) < 4.78 is 0. The molecule has 0 aromatic heterocycles. The van der Waals surface area contributed by atoms with Crippen LogP contribution in [0.3, 0.4) is 0 Å². The lowest BCUT2D eigenvalue weighted by atomic mass is 9.98. The predicted molar refractivity (Wildman–Crippen MR) is 71.5 cm³/mol. The van der Waals surface area contributed by atoms with Crippen molar-refractivity contribution >= 4 is 0 Å². The van der Waals surface area contributed by atoms with Gasteiger partial charge in [-0.1, -0.05) is 48.5 Å². The average Bonchev–Trinajstić information content (AvgIpc) is 2.39. The van der Waals surface area contributed by atoms with E-state index in [-0.39, 0.29) is 0 Å². The Morgan fingerprint density at radius 1 is 0.706 bits per heavy atom. The maximum absolute atomic E-state index is 5.74. The molecule has 2 heteroatoms. The van der Waals surface area contributed by atoms with Crippen molar-refractivity contribution in [2.45, 2.75) is 19.5 Å². The van der Waals surface area contributed by atoms with Crippen molar-refractivity contribution in [2.75, 3.05) is 0 Å². The summed E-state index contributed by atoms with van der Waals surface area (Å²) in [6, 6.07) is 16.7. The van der Waals surface area contributed by atoms with Crippen molar-refractivity contribution in [1.29, 1.82) is 0 Å². The predicted octanol–water partition coefficient (Wildman–Crippen LogP) is 2.19. The van der Waals surface area contributed by atoms with Crippen molar-refractivity contribution in [2.24, 2.45) is 11.5 Å². The fraction of sp³-hybridized carbons (Fsp3) is 0.200. The van der Waals surface area contributed by atoms with Gasteiger partial charge in [0.2, 0.25) is 0 Å². The van der Waals surface area contributed by atoms with Crippen LogP contribution in [-0.4, -0.2) is 0 Å². The smallest absolute Gasteiger partial charge is 0.0180 e. The second-order valence-corrected chi connectivity index (χ2v) is 4.17. The van der Waals surface area contributed by atoms with E-state index in [9.17, 15) is 0 Å². The van der Waals surface area contributed by atoms with Crippen LogP contribution in [-0.2, 0) is 19.5 Å². The maximum atomic E-state index is 5.74. The molecule has 2 rings (SSSR count). The normalized spacial score (nSPS) is 10.5. The molecule has 0 bridgehead atoms. The summed E-state index contributed by atoms with van der Waals surface area (Å²) in [7, 11) is 0. The minimum absolute atomic E-state index is 0.590. The van der Waals surface area contributed by atoms with E-state index in [1.807, 2.05) is 6.07 Å². The highest BCUT2D eigenvalue weighted by Gasteiger charge is 2.02. The number of hydrogen-bond acceptors (Lipinski definition) is 2. The summed E-state index contributed by atoms with van der Waals surface area (Å²) in [6.07, 6.45) is 0.918. The molecule has 0 radical (unpaired) electrons. The molecule has 2 aromatic carbocycles. The lowest BCUT2D eigenvalue weighted by Crippen LogP contribution is -2.02. The Bertz CT molecular complexity index is 492. The quantitative estimate of drug-likeness (QED) is 0.839. The topological polar surface area (TPSA) is 52.0 Å². The molecular weight excluding hydrogens is 208 g/mol. The van der Waals surface area contributed by atoms with Gasteiger partial charge in [-0.2, -0.15) is 0 Å². The average molecular weight is 226 g/mol.